The normalized spacial score (nSPS) is 17.1. The lowest BCUT2D eigenvalue weighted by Gasteiger charge is -2.18. The van der Waals surface area contributed by atoms with E-state index in [-0.39, 0.29) is 0 Å². The Morgan fingerprint density at radius 3 is 2.60 bits per heavy atom. The van der Waals surface area contributed by atoms with Crippen molar-refractivity contribution in [2.24, 2.45) is 0 Å². The van der Waals surface area contributed by atoms with Gasteiger partial charge in [0.25, 0.3) is 0 Å². The van der Waals surface area contributed by atoms with Gasteiger partial charge in [-0.3, -0.25) is 4.79 Å². The summed E-state index contributed by atoms with van der Waals surface area (Å²) in [5.41, 5.74) is -0.653. The molecule has 0 aromatic rings. The van der Waals surface area contributed by atoms with E-state index in [1.165, 1.54) is 6.08 Å². The van der Waals surface area contributed by atoms with E-state index in [9.17, 15) is 9.90 Å². The second-order valence-corrected chi connectivity index (χ2v) is 2.62. The number of allylic oxidation sites excluding steroid dienone is 1. The molecular formula is C8H14O2. The smallest absolute Gasteiger partial charge is 0.142 e. The van der Waals surface area contributed by atoms with Gasteiger partial charge < -0.3 is 5.11 Å². The molecule has 0 fully saturated rings. The summed E-state index contributed by atoms with van der Waals surface area (Å²) in [5.74, 6) is 0. The van der Waals surface area contributed by atoms with Crippen molar-refractivity contribution in [2.75, 3.05) is 0 Å². The van der Waals surface area contributed by atoms with Crippen LogP contribution in [0.15, 0.2) is 12.2 Å². The van der Waals surface area contributed by atoms with Gasteiger partial charge in [-0.1, -0.05) is 13.0 Å². The predicted molar refractivity (Wildman–Crippen MR) is 40.7 cm³/mol. The summed E-state index contributed by atoms with van der Waals surface area (Å²) in [6, 6.07) is 0. The topological polar surface area (TPSA) is 37.3 Å². The lowest BCUT2D eigenvalue weighted by atomic mass is 9.99. The molecule has 0 rings (SSSR count). The molecule has 0 amide bonds. The molecule has 0 saturated heterocycles. The minimum absolute atomic E-state index is 0.544. The number of hydrogen-bond donors (Lipinski definition) is 1. The van der Waals surface area contributed by atoms with E-state index in [2.05, 4.69) is 0 Å². The second kappa shape index (κ2) is 4.23. The number of hydrogen-bond acceptors (Lipinski definition) is 2. The first kappa shape index (κ1) is 9.37. The Labute approximate surface area is 61.6 Å². The van der Waals surface area contributed by atoms with E-state index in [1.54, 1.807) is 13.0 Å². The Hall–Kier alpha value is -0.630. The number of carbonyl (C=O) groups excluding carboxylic acids is 1. The summed E-state index contributed by atoms with van der Waals surface area (Å²) < 4.78 is 0. The van der Waals surface area contributed by atoms with Gasteiger partial charge in [-0.2, -0.15) is 0 Å². The van der Waals surface area contributed by atoms with Crippen LogP contribution in [-0.4, -0.2) is 17.0 Å². The van der Waals surface area contributed by atoms with Crippen molar-refractivity contribution >= 4 is 6.29 Å². The van der Waals surface area contributed by atoms with Crippen molar-refractivity contribution in [3.05, 3.63) is 12.2 Å². The number of carbonyl (C=O) groups is 1. The zero-order chi connectivity index (χ0) is 8.04. The van der Waals surface area contributed by atoms with Gasteiger partial charge in [0, 0.05) is 0 Å². The Morgan fingerprint density at radius 1 is 1.60 bits per heavy atom. The lowest BCUT2D eigenvalue weighted by molar-refractivity contribution is -0.104. The third-order valence-corrected chi connectivity index (χ3v) is 1.53. The Morgan fingerprint density at radius 2 is 2.20 bits per heavy atom. The monoisotopic (exact) mass is 142 g/mol. The first-order chi connectivity index (χ1) is 4.62. The van der Waals surface area contributed by atoms with Crippen LogP contribution in [0.3, 0.4) is 0 Å². The average Bonchev–Trinajstić information content (AvgIpc) is 1.89. The third kappa shape index (κ3) is 4.27. The molecule has 1 N–H and O–H groups in total. The van der Waals surface area contributed by atoms with Crippen molar-refractivity contribution < 1.29 is 9.90 Å². The molecule has 0 spiro atoms. The lowest BCUT2D eigenvalue weighted by Crippen LogP contribution is -2.21. The van der Waals surface area contributed by atoms with Crippen LogP contribution < -0.4 is 0 Å². The first-order valence-corrected chi connectivity index (χ1v) is 3.45. The number of aldehydes is 1. The standard InChI is InChI=1S/C8H14O2/c1-3-8(2,10)6-4-5-7-9/h4-5,7,10H,3,6H2,1-2H3. The van der Waals surface area contributed by atoms with E-state index in [0.717, 1.165) is 0 Å². The Balaban J connectivity index is 3.66. The van der Waals surface area contributed by atoms with E-state index >= 15 is 0 Å². The van der Waals surface area contributed by atoms with Crippen LogP contribution in [0, 0.1) is 0 Å². The highest BCUT2D eigenvalue weighted by Gasteiger charge is 2.13. The molecule has 1 atom stereocenters. The molecule has 0 radical (unpaired) electrons. The third-order valence-electron chi connectivity index (χ3n) is 1.53. The summed E-state index contributed by atoms with van der Waals surface area (Å²) >= 11 is 0. The minimum atomic E-state index is -0.653. The summed E-state index contributed by atoms with van der Waals surface area (Å²) in [7, 11) is 0. The quantitative estimate of drug-likeness (QED) is 0.474. The molecule has 0 aromatic heterocycles. The van der Waals surface area contributed by atoms with Crippen molar-refractivity contribution in [1.82, 2.24) is 0 Å². The molecule has 10 heavy (non-hydrogen) atoms. The minimum Gasteiger partial charge on any atom is -0.390 e. The number of rotatable bonds is 4. The molecular weight excluding hydrogens is 128 g/mol. The Kier molecular flexibility index (Phi) is 3.96. The molecule has 2 nitrogen and oxygen atoms in total. The zero-order valence-electron chi connectivity index (χ0n) is 6.50. The van der Waals surface area contributed by atoms with E-state index in [1.807, 2.05) is 6.92 Å². The molecule has 1 unspecified atom stereocenters. The molecule has 58 valence electrons. The summed E-state index contributed by atoms with van der Waals surface area (Å²) in [6.07, 6.45) is 5.05. The van der Waals surface area contributed by atoms with E-state index in [4.69, 9.17) is 0 Å². The molecule has 0 aliphatic carbocycles. The Bertz CT molecular complexity index is 125. The van der Waals surface area contributed by atoms with Gasteiger partial charge >= 0.3 is 0 Å². The van der Waals surface area contributed by atoms with Crippen molar-refractivity contribution in [3.63, 3.8) is 0 Å². The van der Waals surface area contributed by atoms with Gasteiger partial charge in [0.05, 0.1) is 5.60 Å². The van der Waals surface area contributed by atoms with Crippen LogP contribution in [0.1, 0.15) is 26.7 Å². The summed E-state index contributed by atoms with van der Waals surface area (Å²) in [6.45, 7) is 3.66. The zero-order valence-corrected chi connectivity index (χ0v) is 6.50. The fourth-order valence-corrected chi connectivity index (χ4v) is 0.522. The predicted octanol–water partition coefficient (Wildman–Crippen LogP) is 1.29. The van der Waals surface area contributed by atoms with Gasteiger partial charge in [-0.15, -0.1) is 0 Å². The maximum atomic E-state index is 9.81. The summed E-state index contributed by atoms with van der Waals surface area (Å²) in [4.78, 5) is 9.81. The molecule has 0 aliphatic rings. The largest absolute Gasteiger partial charge is 0.390 e. The van der Waals surface area contributed by atoms with Gasteiger partial charge in [0.15, 0.2) is 0 Å². The summed E-state index contributed by atoms with van der Waals surface area (Å²) in [5, 5.41) is 9.38. The fraction of sp³-hybridized carbons (Fsp3) is 0.625. The molecule has 0 heterocycles. The molecule has 0 saturated carbocycles. The fourth-order valence-electron chi connectivity index (χ4n) is 0.522. The van der Waals surface area contributed by atoms with Crippen LogP contribution in [0.2, 0.25) is 0 Å². The highest BCUT2D eigenvalue weighted by atomic mass is 16.3. The SMILES string of the molecule is CCC(C)(O)CC=CC=O. The number of aliphatic hydroxyl groups is 1. The maximum Gasteiger partial charge on any atom is 0.142 e. The van der Waals surface area contributed by atoms with Crippen LogP contribution in [-0.2, 0) is 4.79 Å². The second-order valence-electron chi connectivity index (χ2n) is 2.62. The van der Waals surface area contributed by atoms with Gasteiger partial charge in [-0.25, -0.2) is 0 Å². The highest BCUT2D eigenvalue weighted by Crippen LogP contribution is 2.13. The van der Waals surface area contributed by atoms with Crippen molar-refractivity contribution in [2.45, 2.75) is 32.3 Å². The van der Waals surface area contributed by atoms with Crippen molar-refractivity contribution in [1.29, 1.82) is 0 Å². The molecule has 0 aliphatic heterocycles. The van der Waals surface area contributed by atoms with Gasteiger partial charge in [0.1, 0.15) is 6.29 Å². The molecule has 2 heteroatoms. The van der Waals surface area contributed by atoms with Gasteiger partial charge in [0.2, 0.25) is 0 Å². The van der Waals surface area contributed by atoms with E-state index < -0.39 is 5.60 Å². The van der Waals surface area contributed by atoms with Crippen LogP contribution >= 0.6 is 0 Å². The van der Waals surface area contributed by atoms with E-state index in [0.29, 0.717) is 19.1 Å². The van der Waals surface area contributed by atoms with Crippen LogP contribution in [0.25, 0.3) is 0 Å². The average molecular weight is 142 g/mol. The molecule has 0 aromatic carbocycles. The first-order valence-electron chi connectivity index (χ1n) is 3.45. The van der Waals surface area contributed by atoms with Gasteiger partial charge in [-0.05, 0) is 25.8 Å². The van der Waals surface area contributed by atoms with Crippen LogP contribution in [0.4, 0.5) is 0 Å². The van der Waals surface area contributed by atoms with Crippen LogP contribution in [0.5, 0.6) is 0 Å². The maximum absolute atomic E-state index is 9.81. The van der Waals surface area contributed by atoms with Crippen molar-refractivity contribution in [3.8, 4) is 0 Å². The highest BCUT2D eigenvalue weighted by molar-refractivity contribution is 5.64. The molecule has 0 bridgehead atoms.